The fraction of sp³-hybridized carbons (Fsp3) is 0.625. The Kier molecular flexibility index (Phi) is 5.42. The predicted octanol–water partition coefficient (Wildman–Crippen LogP) is 2.29. The predicted molar refractivity (Wildman–Crippen MR) is 89.2 cm³/mol. The van der Waals surface area contributed by atoms with Crippen LogP contribution in [0.1, 0.15) is 28.8 Å². The van der Waals surface area contributed by atoms with Crippen molar-refractivity contribution < 1.29 is 9.15 Å². The second-order valence-electron chi connectivity index (χ2n) is 6.14. The highest BCUT2D eigenvalue weighted by Gasteiger charge is 2.27. The molecule has 0 saturated carbocycles. The maximum absolute atomic E-state index is 5.68. The Morgan fingerprint density at radius 3 is 3.00 bits per heavy atom. The molecule has 1 fully saturated rings. The molecular formula is C16H24N4O2S. The number of likely N-dealkylation sites (N-methyl/N-ethyl adjacent to an activating group) is 1. The summed E-state index contributed by atoms with van der Waals surface area (Å²) in [4.78, 5) is 13.8. The molecule has 2 aromatic rings. The lowest BCUT2D eigenvalue weighted by molar-refractivity contribution is 0.160. The number of nitrogens with zero attached hydrogens (tertiary/aromatic N) is 4. The summed E-state index contributed by atoms with van der Waals surface area (Å²) < 4.78 is 10.8. The van der Waals surface area contributed by atoms with Crippen LogP contribution < -0.4 is 0 Å². The Balaban J connectivity index is 1.71. The Labute approximate surface area is 141 Å². The molecule has 7 heteroatoms. The van der Waals surface area contributed by atoms with Crippen LogP contribution in [0.4, 0.5) is 0 Å². The van der Waals surface area contributed by atoms with Gasteiger partial charge in [0.1, 0.15) is 10.8 Å². The van der Waals surface area contributed by atoms with Gasteiger partial charge in [0.25, 0.3) is 0 Å². The Hall–Kier alpha value is -1.28. The number of aryl methyl sites for hydroxylation is 1. The molecule has 0 aromatic carbocycles. The molecule has 2 aromatic heterocycles. The molecule has 23 heavy (non-hydrogen) atoms. The number of hydrogen-bond acceptors (Lipinski definition) is 7. The van der Waals surface area contributed by atoms with E-state index in [1.165, 1.54) is 6.42 Å². The van der Waals surface area contributed by atoms with Crippen LogP contribution in [-0.4, -0.2) is 53.1 Å². The molecule has 1 saturated heterocycles. The largest absolute Gasteiger partial charge is 0.445 e. The van der Waals surface area contributed by atoms with E-state index in [2.05, 4.69) is 32.2 Å². The highest BCUT2D eigenvalue weighted by atomic mass is 32.1. The van der Waals surface area contributed by atoms with Crippen molar-refractivity contribution >= 4 is 11.3 Å². The first-order chi connectivity index (χ1) is 11.1. The minimum absolute atomic E-state index is 0.514. The van der Waals surface area contributed by atoms with E-state index in [9.17, 15) is 0 Å². The number of rotatable bonds is 7. The Morgan fingerprint density at radius 1 is 1.48 bits per heavy atom. The zero-order chi connectivity index (χ0) is 16.2. The van der Waals surface area contributed by atoms with Gasteiger partial charge in [-0.25, -0.2) is 9.97 Å². The van der Waals surface area contributed by atoms with Crippen LogP contribution in [0.2, 0.25) is 0 Å². The number of likely N-dealkylation sites (tertiary alicyclic amines) is 1. The van der Waals surface area contributed by atoms with Gasteiger partial charge < -0.3 is 14.1 Å². The van der Waals surface area contributed by atoms with Crippen molar-refractivity contribution in [2.45, 2.75) is 39.1 Å². The molecule has 0 spiro atoms. The van der Waals surface area contributed by atoms with E-state index in [4.69, 9.17) is 9.15 Å². The van der Waals surface area contributed by atoms with E-state index in [1.807, 2.05) is 6.92 Å². The minimum atomic E-state index is 0.514. The van der Waals surface area contributed by atoms with Crippen molar-refractivity contribution in [3.63, 3.8) is 0 Å². The average molecular weight is 336 g/mol. The Morgan fingerprint density at radius 2 is 2.35 bits per heavy atom. The third-order valence-corrected chi connectivity index (χ3v) is 4.99. The number of thiazole rings is 1. The lowest BCUT2D eigenvalue weighted by Crippen LogP contribution is -2.36. The van der Waals surface area contributed by atoms with Crippen LogP contribution in [0.15, 0.2) is 16.0 Å². The van der Waals surface area contributed by atoms with Gasteiger partial charge in [-0.05, 0) is 26.9 Å². The molecule has 0 amide bonds. The monoisotopic (exact) mass is 336 g/mol. The lowest BCUT2D eigenvalue weighted by Gasteiger charge is -2.26. The standard InChI is InChI=1S/C16H24N4O2S/c1-12-6-17-15(22-12)9-20(14-4-5-19(2)8-14)7-13-11-23-16(18-13)10-21-3/h6,11,14H,4-5,7-10H2,1-3H3/t14-/m0/s1. The molecule has 0 aliphatic carbocycles. The van der Waals surface area contributed by atoms with Crippen LogP contribution in [0.3, 0.4) is 0 Å². The molecule has 6 nitrogen and oxygen atoms in total. The lowest BCUT2D eigenvalue weighted by atomic mass is 10.2. The third kappa shape index (κ3) is 4.38. The summed E-state index contributed by atoms with van der Waals surface area (Å²) in [6, 6.07) is 0.514. The summed E-state index contributed by atoms with van der Waals surface area (Å²) in [5, 5.41) is 3.15. The summed E-state index contributed by atoms with van der Waals surface area (Å²) in [6.45, 7) is 6.27. The zero-order valence-electron chi connectivity index (χ0n) is 14.0. The zero-order valence-corrected chi connectivity index (χ0v) is 14.8. The summed E-state index contributed by atoms with van der Waals surface area (Å²) in [5.74, 6) is 1.64. The molecule has 0 N–H and O–H groups in total. The maximum atomic E-state index is 5.68. The summed E-state index contributed by atoms with van der Waals surface area (Å²) in [6.07, 6.45) is 2.96. The quantitative estimate of drug-likeness (QED) is 0.773. The molecule has 1 aliphatic heterocycles. The molecule has 3 heterocycles. The number of methoxy groups -OCH3 is 1. The van der Waals surface area contributed by atoms with Crippen molar-refractivity contribution in [2.24, 2.45) is 0 Å². The molecule has 126 valence electrons. The second kappa shape index (κ2) is 7.53. The van der Waals surface area contributed by atoms with Gasteiger partial charge >= 0.3 is 0 Å². The number of aromatic nitrogens is 2. The molecule has 1 aliphatic rings. The van der Waals surface area contributed by atoms with Gasteiger partial charge in [0.2, 0.25) is 5.89 Å². The first-order valence-electron chi connectivity index (χ1n) is 7.90. The van der Waals surface area contributed by atoms with Gasteiger partial charge in [0, 0.05) is 31.6 Å². The molecule has 0 bridgehead atoms. The molecule has 0 radical (unpaired) electrons. The number of oxazole rings is 1. The topological polar surface area (TPSA) is 54.6 Å². The first kappa shape index (κ1) is 16.6. The van der Waals surface area contributed by atoms with E-state index in [0.29, 0.717) is 12.6 Å². The van der Waals surface area contributed by atoms with Crippen molar-refractivity contribution in [1.29, 1.82) is 0 Å². The fourth-order valence-corrected chi connectivity index (χ4v) is 3.75. The summed E-state index contributed by atoms with van der Waals surface area (Å²) in [5.41, 5.74) is 1.10. The summed E-state index contributed by atoms with van der Waals surface area (Å²) in [7, 11) is 3.87. The van der Waals surface area contributed by atoms with Crippen molar-refractivity contribution in [2.75, 3.05) is 27.2 Å². The van der Waals surface area contributed by atoms with Crippen LogP contribution >= 0.6 is 11.3 Å². The Bertz CT molecular complexity index is 627. The highest BCUT2D eigenvalue weighted by Crippen LogP contribution is 2.21. The van der Waals surface area contributed by atoms with Crippen molar-refractivity contribution in [1.82, 2.24) is 19.8 Å². The maximum Gasteiger partial charge on any atom is 0.208 e. The first-order valence-corrected chi connectivity index (χ1v) is 8.78. The van der Waals surface area contributed by atoms with E-state index in [0.717, 1.165) is 48.5 Å². The van der Waals surface area contributed by atoms with Crippen LogP contribution in [0.5, 0.6) is 0 Å². The minimum Gasteiger partial charge on any atom is -0.445 e. The SMILES string of the molecule is COCc1nc(CN(Cc2ncc(C)o2)[C@H]2CCN(C)C2)cs1. The van der Waals surface area contributed by atoms with Crippen molar-refractivity contribution in [3.05, 3.63) is 33.9 Å². The van der Waals surface area contributed by atoms with Gasteiger partial charge in [-0.15, -0.1) is 11.3 Å². The van der Waals surface area contributed by atoms with Gasteiger partial charge in [-0.1, -0.05) is 0 Å². The third-order valence-electron chi connectivity index (χ3n) is 4.12. The number of hydrogen-bond donors (Lipinski definition) is 0. The van der Waals surface area contributed by atoms with Gasteiger partial charge in [-0.3, -0.25) is 4.90 Å². The van der Waals surface area contributed by atoms with E-state index < -0.39 is 0 Å². The van der Waals surface area contributed by atoms with E-state index >= 15 is 0 Å². The molecule has 3 rings (SSSR count). The van der Waals surface area contributed by atoms with Crippen LogP contribution in [0.25, 0.3) is 0 Å². The second-order valence-corrected chi connectivity index (χ2v) is 7.08. The van der Waals surface area contributed by atoms with Gasteiger partial charge in [0.05, 0.1) is 25.0 Å². The van der Waals surface area contributed by atoms with Crippen LogP contribution in [0, 0.1) is 6.92 Å². The van der Waals surface area contributed by atoms with Gasteiger partial charge in [-0.2, -0.15) is 0 Å². The highest BCUT2D eigenvalue weighted by molar-refractivity contribution is 7.09. The average Bonchev–Trinajstić information content (AvgIpc) is 3.22. The van der Waals surface area contributed by atoms with E-state index in [-0.39, 0.29) is 0 Å². The van der Waals surface area contributed by atoms with Crippen LogP contribution in [-0.2, 0) is 24.4 Å². The number of ether oxygens (including phenoxy) is 1. The molecule has 0 unspecified atom stereocenters. The normalized spacial score (nSPS) is 19.0. The van der Waals surface area contributed by atoms with Crippen molar-refractivity contribution in [3.8, 4) is 0 Å². The fourth-order valence-electron chi connectivity index (χ4n) is 2.99. The van der Waals surface area contributed by atoms with E-state index in [1.54, 1.807) is 24.6 Å². The summed E-state index contributed by atoms with van der Waals surface area (Å²) >= 11 is 1.66. The molecule has 1 atom stereocenters. The smallest absolute Gasteiger partial charge is 0.208 e. The molecular weight excluding hydrogens is 312 g/mol. The van der Waals surface area contributed by atoms with Gasteiger partial charge in [0.15, 0.2) is 0 Å².